The summed E-state index contributed by atoms with van der Waals surface area (Å²) in [5, 5.41) is 2.63. The number of ether oxygens (including phenoxy) is 1. The van der Waals surface area contributed by atoms with Crippen molar-refractivity contribution in [1.29, 1.82) is 0 Å². The molecule has 0 fully saturated rings. The first kappa shape index (κ1) is 14.5. The van der Waals surface area contributed by atoms with Gasteiger partial charge in [0, 0.05) is 39.2 Å². The summed E-state index contributed by atoms with van der Waals surface area (Å²) >= 11 is 0. The van der Waals surface area contributed by atoms with Crippen molar-refractivity contribution in [3.63, 3.8) is 0 Å². The number of aromatic nitrogens is 2. The van der Waals surface area contributed by atoms with Crippen LogP contribution < -0.4 is 4.74 Å². The molecular formula is C25H16N2O. The number of para-hydroxylation sites is 3. The molecule has 0 radical (unpaired) electrons. The Bertz CT molecular complexity index is 1400. The van der Waals surface area contributed by atoms with E-state index in [2.05, 4.69) is 70.2 Å². The number of fused-ring (bicyclic) bond motifs is 8. The number of hydrogen-bond acceptors (Lipinski definition) is 2. The monoisotopic (exact) mass is 360 g/mol. The quantitative estimate of drug-likeness (QED) is 0.372. The largest absolute Gasteiger partial charge is 0.482 e. The van der Waals surface area contributed by atoms with Crippen LogP contribution >= 0.6 is 0 Å². The van der Waals surface area contributed by atoms with Crippen molar-refractivity contribution in [3.8, 4) is 17.0 Å². The van der Waals surface area contributed by atoms with Crippen molar-refractivity contribution in [1.82, 2.24) is 9.55 Å². The third-order valence-electron chi connectivity index (χ3n) is 6.18. The molecule has 0 bridgehead atoms. The second-order valence-electron chi connectivity index (χ2n) is 7.55. The highest BCUT2D eigenvalue weighted by atomic mass is 16.5. The number of nitrogens with zero attached hydrogens (tertiary/aromatic N) is 2. The summed E-state index contributed by atoms with van der Waals surface area (Å²) < 4.78 is 9.12. The molecule has 5 aromatic rings. The van der Waals surface area contributed by atoms with Gasteiger partial charge >= 0.3 is 0 Å². The Hall–Kier alpha value is -3.59. The molecule has 0 saturated heterocycles. The van der Waals surface area contributed by atoms with E-state index in [0.717, 1.165) is 17.0 Å². The van der Waals surface area contributed by atoms with Crippen LogP contribution in [-0.2, 0) is 0 Å². The minimum Gasteiger partial charge on any atom is -0.482 e. The van der Waals surface area contributed by atoms with Crippen LogP contribution in [0.2, 0.25) is 0 Å². The van der Waals surface area contributed by atoms with E-state index in [4.69, 9.17) is 4.74 Å². The van der Waals surface area contributed by atoms with Gasteiger partial charge in [0.2, 0.25) is 0 Å². The zero-order chi connectivity index (χ0) is 18.2. The first-order valence-electron chi connectivity index (χ1n) is 9.64. The van der Waals surface area contributed by atoms with Gasteiger partial charge in [0.15, 0.2) is 6.10 Å². The van der Waals surface area contributed by atoms with Crippen molar-refractivity contribution in [2.45, 2.75) is 12.1 Å². The van der Waals surface area contributed by atoms with E-state index in [1.807, 2.05) is 24.4 Å². The van der Waals surface area contributed by atoms with Crippen LogP contribution in [0.4, 0.5) is 0 Å². The van der Waals surface area contributed by atoms with Gasteiger partial charge < -0.3 is 9.30 Å². The van der Waals surface area contributed by atoms with Crippen molar-refractivity contribution in [3.05, 3.63) is 96.2 Å². The smallest absolute Gasteiger partial charge is 0.151 e. The summed E-state index contributed by atoms with van der Waals surface area (Å²) in [6, 6.07) is 27.9. The van der Waals surface area contributed by atoms with Gasteiger partial charge in [-0.05, 0) is 24.3 Å². The minimum atomic E-state index is 0.0168. The van der Waals surface area contributed by atoms with Crippen LogP contribution in [0, 0.1) is 0 Å². The molecule has 7 rings (SSSR count). The molecule has 2 aliphatic heterocycles. The average Bonchev–Trinajstić information content (AvgIpc) is 3.39. The van der Waals surface area contributed by atoms with Gasteiger partial charge in [-0.3, -0.25) is 4.98 Å². The van der Waals surface area contributed by atoms with E-state index < -0.39 is 0 Å². The third kappa shape index (κ3) is 1.63. The molecule has 2 unspecified atom stereocenters. The number of pyridine rings is 1. The molecular weight excluding hydrogens is 344 g/mol. The Morgan fingerprint density at radius 2 is 1.57 bits per heavy atom. The molecule has 2 atom stereocenters. The molecule has 2 aromatic heterocycles. The van der Waals surface area contributed by atoms with Gasteiger partial charge in [-0.2, -0.15) is 0 Å². The molecule has 132 valence electrons. The predicted octanol–water partition coefficient (Wildman–Crippen LogP) is 5.89. The predicted molar refractivity (Wildman–Crippen MR) is 111 cm³/mol. The van der Waals surface area contributed by atoms with Gasteiger partial charge in [-0.25, -0.2) is 0 Å². The standard InChI is InChI=1S/C25H16N2O/c1-2-13-21-15(7-1)16-8-5-10-18-22(16)27(21)23-19-11-6-9-17(24(19)28-25(18)23)20-12-3-4-14-26-20/h1-14,23,25H. The molecule has 0 amide bonds. The second-order valence-corrected chi connectivity index (χ2v) is 7.55. The molecule has 3 heteroatoms. The zero-order valence-corrected chi connectivity index (χ0v) is 15.0. The Morgan fingerprint density at radius 1 is 0.750 bits per heavy atom. The molecule has 3 nitrogen and oxygen atoms in total. The van der Waals surface area contributed by atoms with Crippen LogP contribution in [0.15, 0.2) is 85.1 Å². The van der Waals surface area contributed by atoms with Crippen LogP contribution in [-0.4, -0.2) is 9.55 Å². The van der Waals surface area contributed by atoms with Crippen molar-refractivity contribution in [2.75, 3.05) is 0 Å². The first-order chi connectivity index (χ1) is 13.9. The normalized spacial score (nSPS) is 19.0. The summed E-state index contributed by atoms with van der Waals surface area (Å²) in [6.07, 6.45) is 1.85. The maximum absolute atomic E-state index is 6.64. The van der Waals surface area contributed by atoms with Gasteiger partial charge in [-0.15, -0.1) is 0 Å². The number of rotatable bonds is 1. The highest BCUT2D eigenvalue weighted by Crippen LogP contribution is 2.57. The van der Waals surface area contributed by atoms with E-state index in [-0.39, 0.29) is 12.1 Å². The molecule has 0 saturated carbocycles. The summed E-state index contributed by atoms with van der Waals surface area (Å²) in [6.45, 7) is 0. The summed E-state index contributed by atoms with van der Waals surface area (Å²) in [5.41, 5.74) is 7.13. The van der Waals surface area contributed by atoms with E-state index >= 15 is 0 Å². The molecule has 4 heterocycles. The van der Waals surface area contributed by atoms with E-state index in [1.165, 1.54) is 32.9 Å². The molecule has 0 N–H and O–H groups in total. The number of hydrogen-bond donors (Lipinski definition) is 0. The van der Waals surface area contributed by atoms with Crippen LogP contribution in [0.5, 0.6) is 5.75 Å². The average molecular weight is 360 g/mol. The van der Waals surface area contributed by atoms with E-state index in [1.54, 1.807) is 0 Å². The summed E-state index contributed by atoms with van der Waals surface area (Å²) in [5.74, 6) is 0.969. The highest BCUT2D eigenvalue weighted by Gasteiger charge is 2.45. The first-order valence-corrected chi connectivity index (χ1v) is 9.64. The Morgan fingerprint density at radius 3 is 2.50 bits per heavy atom. The summed E-state index contributed by atoms with van der Waals surface area (Å²) in [4.78, 5) is 4.56. The zero-order valence-electron chi connectivity index (χ0n) is 15.0. The molecule has 0 aliphatic carbocycles. The molecule has 3 aromatic carbocycles. The van der Waals surface area contributed by atoms with Crippen molar-refractivity contribution in [2.24, 2.45) is 0 Å². The van der Waals surface area contributed by atoms with Gasteiger partial charge in [0.05, 0.1) is 11.2 Å². The van der Waals surface area contributed by atoms with Crippen molar-refractivity contribution < 1.29 is 4.74 Å². The van der Waals surface area contributed by atoms with Crippen LogP contribution in [0.25, 0.3) is 33.1 Å². The topological polar surface area (TPSA) is 27.1 Å². The highest BCUT2D eigenvalue weighted by molar-refractivity contribution is 6.10. The van der Waals surface area contributed by atoms with Crippen LogP contribution in [0.1, 0.15) is 23.3 Å². The van der Waals surface area contributed by atoms with Crippen LogP contribution in [0.3, 0.4) is 0 Å². The van der Waals surface area contributed by atoms with E-state index in [0.29, 0.717) is 0 Å². The van der Waals surface area contributed by atoms with Gasteiger partial charge in [0.1, 0.15) is 11.8 Å². The lowest BCUT2D eigenvalue weighted by atomic mass is 9.97. The third-order valence-corrected chi connectivity index (χ3v) is 6.18. The maximum atomic E-state index is 6.64. The fourth-order valence-electron chi connectivity index (χ4n) is 5.10. The Balaban J connectivity index is 1.55. The lowest BCUT2D eigenvalue weighted by Crippen LogP contribution is -2.09. The Kier molecular flexibility index (Phi) is 2.59. The second kappa shape index (κ2) is 5.02. The van der Waals surface area contributed by atoms with Gasteiger partial charge in [0.25, 0.3) is 0 Å². The van der Waals surface area contributed by atoms with E-state index in [9.17, 15) is 0 Å². The minimum absolute atomic E-state index is 0.0168. The summed E-state index contributed by atoms with van der Waals surface area (Å²) in [7, 11) is 0. The fraction of sp³-hybridized carbons (Fsp3) is 0.0800. The lowest BCUT2D eigenvalue weighted by Gasteiger charge is -2.14. The number of benzene rings is 3. The molecule has 28 heavy (non-hydrogen) atoms. The fourth-order valence-corrected chi connectivity index (χ4v) is 5.10. The molecule has 2 aliphatic rings. The lowest BCUT2D eigenvalue weighted by molar-refractivity contribution is 0.213. The maximum Gasteiger partial charge on any atom is 0.151 e. The Labute approximate surface area is 161 Å². The molecule has 0 spiro atoms. The van der Waals surface area contributed by atoms with Gasteiger partial charge in [-0.1, -0.05) is 54.6 Å². The SMILES string of the molecule is c1ccc(-c2cccc3c2OC2c4cccc5c6ccccc6n(c45)C32)nc1. The van der Waals surface area contributed by atoms with Crippen molar-refractivity contribution >= 4 is 21.8 Å².